The number of methoxy groups -OCH3 is 1. The van der Waals surface area contributed by atoms with Gasteiger partial charge in [-0.3, -0.25) is 9.48 Å². The van der Waals surface area contributed by atoms with E-state index in [2.05, 4.69) is 5.10 Å². The molecule has 0 amide bonds. The van der Waals surface area contributed by atoms with Crippen molar-refractivity contribution < 1.29 is 23.1 Å². The minimum atomic E-state index is -3.86. The first-order chi connectivity index (χ1) is 8.36. The van der Waals surface area contributed by atoms with Gasteiger partial charge in [0.1, 0.15) is 10.9 Å². The third kappa shape index (κ3) is 3.79. The molecule has 0 bridgehead atoms. The van der Waals surface area contributed by atoms with Crippen LogP contribution in [0.5, 0.6) is 0 Å². The molecule has 2 N–H and O–H groups in total. The fraction of sp³-hybridized carbons (Fsp3) is 0.556. The standard InChI is InChI=1S/C9H15N3O5S/c1-7(9(13)14)11-18(15,16)8-5-10-12(6-8)3-4-17-2/h5-7,11H,3-4H2,1-2H3,(H,13,14)/t7-/m0/s1. The van der Waals surface area contributed by atoms with Crippen LogP contribution in [0.15, 0.2) is 17.3 Å². The van der Waals surface area contributed by atoms with Crippen molar-refractivity contribution in [3.8, 4) is 0 Å². The third-order valence-electron chi connectivity index (χ3n) is 2.15. The lowest BCUT2D eigenvalue weighted by molar-refractivity contribution is -0.138. The molecule has 0 radical (unpaired) electrons. The van der Waals surface area contributed by atoms with E-state index in [1.54, 1.807) is 0 Å². The van der Waals surface area contributed by atoms with Crippen molar-refractivity contribution in [3.63, 3.8) is 0 Å². The molecule has 0 unspecified atom stereocenters. The van der Waals surface area contributed by atoms with Crippen LogP contribution in [-0.2, 0) is 26.1 Å². The molecular formula is C9H15N3O5S. The average molecular weight is 277 g/mol. The second-order valence-electron chi connectivity index (χ2n) is 3.61. The van der Waals surface area contributed by atoms with Crippen LogP contribution in [-0.4, -0.2) is 49.0 Å². The van der Waals surface area contributed by atoms with Crippen LogP contribution in [0.25, 0.3) is 0 Å². The van der Waals surface area contributed by atoms with Crippen molar-refractivity contribution in [3.05, 3.63) is 12.4 Å². The molecule has 1 heterocycles. The molecular weight excluding hydrogens is 262 g/mol. The van der Waals surface area contributed by atoms with E-state index in [1.165, 1.54) is 24.9 Å². The van der Waals surface area contributed by atoms with Gasteiger partial charge >= 0.3 is 5.97 Å². The summed E-state index contributed by atoms with van der Waals surface area (Å²) in [6.45, 7) is 2.07. The smallest absolute Gasteiger partial charge is 0.321 e. The molecule has 8 nitrogen and oxygen atoms in total. The molecule has 0 aliphatic heterocycles. The fourth-order valence-corrected chi connectivity index (χ4v) is 2.29. The van der Waals surface area contributed by atoms with Crippen molar-refractivity contribution >= 4 is 16.0 Å². The van der Waals surface area contributed by atoms with Gasteiger partial charge in [-0.1, -0.05) is 0 Å². The van der Waals surface area contributed by atoms with Crippen LogP contribution in [0, 0.1) is 0 Å². The Labute approximate surface area is 105 Å². The molecule has 0 saturated carbocycles. The number of nitrogens with zero attached hydrogens (tertiary/aromatic N) is 2. The van der Waals surface area contributed by atoms with Crippen molar-refractivity contribution in [1.29, 1.82) is 0 Å². The van der Waals surface area contributed by atoms with Gasteiger partial charge in [0, 0.05) is 13.3 Å². The van der Waals surface area contributed by atoms with E-state index >= 15 is 0 Å². The van der Waals surface area contributed by atoms with Gasteiger partial charge in [0.25, 0.3) is 0 Å². The second-order valence-corrected chi connectivity index (χ2v) is 5.33. The van der Waals surface area contributed by atoms with E-state index in [4.69, 9.17) is 9.84 Å². The van der Waals surface area contributed by atoms with Crippen LogP contribution >= 0.6 is 0 Å². The van der Waals surface area contributed by atoms with E-state index < -0.39 is 22.0 Å². The predicted octanol–water partition coefficient (Wildman–Crippen LogP) is -0.719. The number of aliphatic carboxylic acids is 1. The number of ether oxygens (including phenoxy) is 1. The van der Waals surface area contributed by atoms with Gasteiger partial charge in [0.05, 0.1) is 19.3 Å². The molecule has 0 aliphatic rings. The van der Waals surface area contributed by atoms with Gasteiger partial charge in [-0.25, -0.2) is 8.42 Å². The summed E-state index contributed by atoms with van der Waals surface area (Å²) in [6, 6.07) is -1.20. The van der Waals surface area contributed by atoms with Crippen LogP contribution in [0.4, 0.5) is 0 Å². The molecule has 1 rings (SSSR count). The lowest BCUT2D eigenvalue weighted by Gasteiger charge is -2.08. The van der Waals surface area contributed by atoms with Crippen LogP contribution in [0.2, 0.25) is 0 Å². The van der Waals surface area contributed by atoms with Gasteiger partial charge in [-0.05, 0) is 6.92 Å². The Balaban J connectivity index is 2.79. The van der Waals surface area contributed by atoms with E-state index in [0.717, 1.165) is 6.20 Å². The Morgan fingerprint density at radius 1 is 1.67 bits per heavy atom. The van der Waals surface area contributed by atoms with Crippen molar-refractivity contribution in [1.82, 2.24) is 14.5 Å². The number of sulfonamides is 1. The van der Waals surface area contributed by atoms with Gasteiger partial charge in [0.2, 0.25) is 10.0 Å². The van der Waals surface area contributed by atoms with Gasteiger partial charge in [-0.15, -0.1) is 0 Å². The molecule has 0 saturated heterocycles. The largest absolute Gasteiger partial charge is 0.480 e. The second kappa shape index (κ2) is 5.94. The number of carboxylic acid groups (broad SMARTS) is 1. The maximum atomic E-state index is 11.8. The van der Waals surface area contributed by atoms with Gasteiger partial charge in [0.15, 0.2) is 0 Å². The molecule has 9 heteroatoms. The Morgan fingerprint density at radius 2 is 2.33 bits per heavy atom. The van der Waals surface area contributed by atoms with E-state index in [-0.39, 0.29) is 4.90 Å². The number of carboxylic acids is 1. The first-order valence-corrected chi connectivity index (χ1v) is 6.61. The SMILES string of the molecule is COCCn1cc(S(=O)(=O)N[C@@H](C)C(=O)O)cn1. The summed E-state index contributed by atoms with van der Waals surface area (Å²) in [5.41, 5.74) is 0. The topological polar surface area (TPSA) is 111 Å². The zero-order valence-corrected chi connectivity index (χ0v) is 10.8. The molecule has 18 heavy (non-hydrogen) atoms. The van der Waals surface area contributed by atoms with Crippen LogP contribution in [0.3, 0.4) is 0 Å². The molecule has 0 aromatic carbocycles. The zero-order chi connectivity index (χ0) is 13.8. The predicted molar refractivity (Wildman–Crippen MR) is 61.5 cm³/mol. The molecule has 1 atom stereocenters. The van der Waals surface area contributed by atoms with Gasteiger partial charge < -0.3 is 9.84 Å². The average Bonchev–Trinajstić information content (AvgIpc) is 2.74. The number of rotatable bonds is 7. The Bertz CT molecular complexity index is 510. The van der Waals surface area contributed by atoms with Crippen molar-refractivity contribution in [2.24, 2.45) is 0 Å². The van der Waals surface area contributed by atoms with Gasteiger partial charge in [-0.2, -0.15) is 9.82 Å². The highest BCUT2D eigenvalue weighted by Crippen LogP contribution is 2.07. The van der Waals surface area contributed by atoms with E-state index in [9.17, 15) is 13.2 Å². The summed E-state index contributed by atoms with van der Waals surface area (Å²) in [4.78, 5) is 10.5. The zero-order valence-electron chi connectivity index (χ0n) is 10.0. The van der Waals surface area contributed by atoms with E-state index in [1.807, 2.05) is 4.72 Å². The van der Waals surface area contributed by atoms with Crippen molar-refractivity contribution in [2.75, 3.05) is 13.7 Å². The maximum Gasteiger partial charge on any atom is 0.321 e. The summed E-state index contributed by atoms with van der Waals surface area (Å²) in [7, 11) is -2.34. The summed E-state index contributed by atoms with van der Waals surface area (Å²) in [6.07, 6.45) is 2.47. The Hall–Kier alpha value is -1.45. The minimum Gasteiger partial charge on any atom is -0.480 e. The van der Waals surface area contributed by atoms with Crippen LogP contribution < -0.4 is 4.72 Å². The third-order valence-corrected chi connectivity index (χ3v) is 3.64. The highest BCUT2D eigenvalue weighted by molar-refractivity contribution is 7.89. The minimum absolute atomic E-state index is 0.0771. The molecule has 0 spiro atoms. The number of aromatic nitrogens is 2. The maximum absolute atomic E-state index is 11.8. The summed E-state index contributed by atoms with van der Waals surface area (Å²) in [5, 5.41) is 12.5. The molecule has 1 aromatic heterocycles. The first-order valence-electron chi connectivity index (χ1n) is 5.13. The highest BCUT2D eigenvalue weighted by atomic mass is 32.2. The Morgan fingerprint density at radius 3 is 2.89 bits per heavy atom. The van der Waals surface area contributed by atoms with Crippen molar-refractivity contribution in [2.45, 2.75) is 24.4 Å². The highest BCUT2D eigenvalue weighted by Gasteiger charge is 2.22. The Kier molecular flexibility index (Phi) is 4.82. The molecule has 0 aliphatic carbocycles. The monoisotopic (exact) mass is 277 g/mol. The molecule has 0 fully saturated rings. The molecule has 102 valence electrons. The fourth-order valence-electron chi connectivity index (χ4n) is 1.14. The summed E-state index contributed by atoms with van der Waals surface area (Å²) in [5.74, 6) is -1.25. The number of nitrogens with one attached hydrogen (secondary N) is 1. The summed E-state index contributed by atoms with van der Waals surface area (Å²) >= 11 is 0. The van der Waals surface area contributed by atoms with Crippen LogP contribution in [0.1, 0.15) is 6.92 Å². The first kappa shape index (κ1) is 14.6. The lowest BCUT2D eigenvalue weighted by Crippen LogP contribution is -2.38. The summed E-state index contributed by atoms with van der Waals surface area (Å²) < 4.78 is 31.8. The number of carbonyl (C=O) groups is 1. The quantitative estimate of drug-likeness (QED) is 0.680. The molecule has 1 aromatic rings. The number of hydrogen-bond acceptors (Lipinski definition) is 5. The number of hydrogen-bond donors (Lipinski definition) is 2. The van der Waals surface area contributed by atoms with E-state index in [0.29, 0.717) is 13.2 Å². The lowest BCUT2D eigenvalue weighted by atomic mass is 10.4. The normalized spacial score (nSPS) is 13.4.